The van der Waals surface area contributed by atoms with E-state index in [2.05, 4.69) is 10.6 Å². The lowest BCUT2D eigenvalue weighted by molar-refractivity contribution is -0.138. The number of hydrogen-bond donors (Lipinski definition) is 3. The molecule has 2 atom stereocenters. The first-order valence-corrected chi connectivity index (χ1v) is 8.75. The Kier molecular flexibility index (Phi) is 5.82. The highest BCUT2D eigenvalue weighted by molar-refractivity contribution is 5.97. The van der Waals surface area contributed by atoms with E-state index in [1.54, 1.807) is 24.3 Å². The SMILES string of the molecule is CCC(CC)(CC(=O)O)NC(=O)c1ccc(NC(=O)C2CC2C)cc1. The van der Waals surface area contributed by atoms with Crippen LogP contribution in [0.2, 0.25) is 0 Å². The number of hydrogen-bond acceptors (Lipinski definition) is 3. The van der Waals surface area contributed by atoms with Gasteiger partial charge in [-0.25, -0.2) is 0 Å². The molecule has 1 fully saturated rings. The molecule has 0 bridgehead atoms. The van der Waals surface area contributed by atoms with Gasteiger partial charge in [0.2, 0.25) is 5.91 Å². The predicted molar refractivity (Wildman–Crippen MR) is 95.4 cm³/mol. The zero-order valence-electron chi connectivity index (χ0n) is 15.0. The Morgan fingerprint density at radius 1 is 1.16 bits per heavy atom. The summed E-state index contributed by atoms with van der Waals surface area (Å²) < 4.78 is 0. The molecule has 0 heterocycles. The Hall–Kier alpha value is -2.37. The van der Waals surface area contributed by atoms with Gasteiger partial charge in [0, 0.05) is 17.2 Å². The van der Waals surface area contributed by atoms with Gasteiger partial charge in [0.05, 0.1) is 12.0 Å². The van der Waals surface area contributed by atoms with Crippen molar-refractivity contribution < 1.29 is 19.5 Å². The Morgan fingerprint density at radius 2 is 1.72 bits per heavy atom. The molecule has 1 aromatic rings. The molecule has 0 aliphatic heterocycles. The smallest absolute Gasteiger partial charge is 0.305 e. The van der Waals surface area contributed by atoms with Crippen LogP contribution in [0.25, 0.3) is 0 Å². The van der Waals surface area contributed by atoms with Crippen molar-refractivity contribution in [2.24, 2.45) is 11.8 Å². The van der Waals surface area contributed by atoms with Gasteiger partial charge < -0.3 is 15.7 Å². The van der Waals surface area contributed by atoms with E-state index in [1.165, 1.54) is 0 Å². The van der Waals surface area contributed by atoms with Gasteiger partial charge in [-0.3, -0.25) is 14.4 Å². The molecule has 0 aromatic heterocycles. The minimum atomic E-state index is -0.934. The van der Waals surface area contributed by atoms with Crippen molar-refractivity contribution in [1.29, 1.82) is 0 Å². The molecule has 1 aromatic carbocycles. The van der Waals surface area contributed by atoms with Crippen LogP contribution in [0.4, 0.5) is 5.69 Å². The minimum Gasteiger partial charge on any atom is -0.481 e. The second-order valence-electron chi connectivity index (χ2n) is 6.90. The largest absolute Gasteiger partial charge is 0.481 e. The van der Waals surface area contributed by atoms with Crippen LogP contribution >= 0.6 is 0 Å². The first-order chi connectivity index (χ1) is 11.8. The molecule has 1 saturated carbocycles. The third kappa shape index (κ3) is 4.81. The highest BCUT2D eigenvalue weighted by atomic mass is 16.4. The Morgan fingerprint density at radius 3 is 2.16 bits per heavy atom. The number of aliphatic carboxylic acids is 1. The number of anilines is 1. The monoisotopic (exact) mass is 346 g/mol. The average Bonchev–Trinajstić information content (AvgIpc) is 3.31. The van der Waals surface area contributed by atoms with E-state index >= 15 is 0 Å². The van der Waals surface area contributed by atoms with Gasteiger partial charge in [-0.1, -0.05) is 20.8 Å². The van der Waals surface area contributed by atoms with Crippen LogP contribution in [0.1, 0.15) is 56.8 Å². The lowest BCUT2D eigenvalue weighted by Gasteiger charge is -2.31. The summed E-state index contributed by atoms with van der Waals surface area (Å²) in [5.41, 5.74) is 0.343. The van der Waals surface area contributed by atoms with Gasteiger partial charge in [-0.2, -0.15) is 0 Å². The summed E-state index contributed by atoms with van der Waals surface area (Å²) in [5, 5.41) is 14.8. The molecule has 6 nitrogen and oxygen atoms in total. The fourth-order valence-electron chi connectivity index (χ4n) is 2.95. The number of carbonyl (C=O) groups is 3. The maximum absolute atomic E-state index is 12.5. The topological polar surface area (TPSA) is 95.5 Å². The lowest BCUT2D eigenvalue weighted by Crippen LogP contribution is -2.49. The highest BCUT2D eigenvalue weighted by Crippen LogP contribution is 2.38. The summed E-state index contributed by atoms with van der Waals surface area (Å²) in [5.74, 6) is -0.693. The zero-order valence-corrected chi connectivity index (χ0v) is 15.0. The summed E-state index contributed by atoms with van der Waals surface area (Å²) in [6, 6.07) is 6.66. The molecule has 25 heavy (non-hydrogen) atoms. The minimum absolute atomic E-state index is 0.0159. The van der Waals surface area contributed by atoms with Gasteiger partial charge in [0.1, 0.15) is 0 Å². The number of benzene rings is 1. The van der Waals surface area contributed by atoms with Crippen molar-refractivity contribution >= 4 is 23.5 Å². The van der Waals surface area contributed by atoms with E-state index < -0.39 is 11.5 Å². The average molecular weight is 346 g/mol. The van der Waals surface area contributed by atoms with Crippen molar-refractivity contribution in [3.63, 3.8) is 0 Å². The number of carboxylic acid groups (broad SMARTS) is 1. The Labute approximate surface area is 148 Å². The van der Waals surface area contributed by atoms with Crippen LogP contribution in [0.15, 0.2) is 24.3 Å². The van der Waals surface area contributed by atoms with E-state index in [0.717, 1.165) is 6.42 Å². The first kappa shape index (κ1) is 19.0. The zero-order chi connectivity index (χ0) is 18.6. The summed E-state index contributed by atoms with van der Waals surface area (Å²) in [7, 11) is 0. The van der Waals surface area contributed by atoms with Crippen LogP contribution in [0, 0.1) is 11.8 Å². The third-order valence-corrected chi connectivity index (χ3v) is 5.08. The summed E-state index contributed by atoms with van der Waals surface area (Å²) in [6.07, 6.45) is 1.88. The molecule has 0 radical (unpaired) electrons. The molecular formula is C19H26N2O4. The molecule has 6 heteroatoms. The van der Waals surface area contributed by atoms with Crippen molar-refractivity contribution in [3.8, 4) is 0 Å². The molecule has 2 amide bonds. The second kappa shape index (κ2) is 7.68. The van der Waals surface area contributed by atoms with E-state index in [9.17, 15) is 14.4 Å². The van der Waals surface area contributed by atoms with Gasteiger partial charge in [0.25, 0.3) is 5.91 Å². The molecule has 1 aliphatic carbocycles. The number of amides is 2. The molecule has 1 aliphatic rings. The van der Waals surface area contributed by atoms with E-state index in [1.807, 2.05) is 20.8 Å². The molecule has 2 rings (SSSR count). The second-order valence-corrected chi connectivity index (χ2v) is 6.90. The molecule has 0 saturated heterocycles. The first-order valence-electron chi connectivity index (χ1n) is 8.75. The summed E-state index contributed by atoms with van der Waals surface area (Å²) >= 11 is 0. The van der Waals surface area contributed by atoms with Gasteiger partial charge in [-0.15, -0.1) is 0 Å². The number of carboxylic acids is 1. The van der Waals surface area contributed by atoms with Crippen molar-refractivity contribution in [2.75, 3.05) is 5.32 Å². The number of rotatable bonds is 8. The van der Waals surface area contributed by atoms with Crippen LogP contribution < -0.4 is 10.6 Å². The van der Waals surface area contributed by atoms with Crippen LogP contribution in [-0.4, -0.2) is 28.4 Å². The van der Waals surface area contributed by atoms with Crippen molar-refractivity contribution in [1.82, 2.24) is 5.32 Å². The molecule has 0 spiro atoms. The summed E-state index contributed by atoms with van der Waals surface area (Å²) in [6.45, 7) is 5.77. The van der Waals surface area contributed by atoms with Crippen LogP contribution in [-0.2, 0) is 9.59 Å². The Bertz CT molecular complexity index is 650. The van der Waals surface area contributed by atoms with Crippen molar-refractivity contribution in [2.45, 2.75) is 52.0 Å². The molecule has 3 N–H and O–H groups in total. The van der Waals surface area contributed by atoms with Crippen molar-refractivity contribution in [3.05, 3.63) is 29.8 Å². The fourth-order valence-corrected chi connectivity index (χ4v) is 2.95. The number of carbonyl (C=O) groups excluding carboxylic acids is 2. The van der Waals surface area contributed by atoms with Crippen LogP contribution in [0.5, 0.6) is 0 Å². The highest BCUT2D eigenvalue weighted by Gasteiger charge is 2.39. The number of nitrogens with one attached hydrogen (secondary N) is 2. The quantitative estimate of drug-likeness (QED) is 0.674. The van der Waals surface area contributed by atoms with Gasteiger partial charge in [0.15, 0.2) is 0 Å². The molecular weight excluding hydrogens is 320 g/mol. The van der Waals surface area contributed by atoms with Gasteiger partial charge in [-0.05, 0) is 49.4 Å². The standard InChI is InChI=1S/C19H26N2O4/c1-4-19(5-2,11-16(22)23)21-17(24)13-6-8-14(9-7-13)20-18(25)15-10-12(15)3/h6-9,12,15H,4-5,10-11H2,1-3H3,(H,20,25)(H,21,24)(H,22,23). The normalized spacial score (nSPS) is 19.2. The van der Waals surface area contributed by atoms with E-state index in [-0.39, 0.29) is 24.2 Å². The Balaban J connectivity index is 2.01. The van der Waals surface area contributed by atoms with Crippen LogP contribution in [0.3, 0.4) is 0 Å². The third-order valence-electron chi connectivity index (χ3n) is 5.08. The van der Waals surface area contributed by atoms with E-state index in [0.29, 0.717) is 30.0 Å². The fraction of sp³-hybridized carbons (Fsp3) is 0.526. The lowest BCUT2D eigenvalue weighted by atomic mass is 9.88. The molecule has 2 unspecified atom stereocenters. The van der Waals surface area contributed by atoms with E-state index in [4.69, 9.17) is 5.11 Å². The van der Waals surface area contributed by atoms with Gasteiger partial charge >= 0.3 is 5.97 Å². The maximum Gasteiger partial charge on any atom is 0.305 e. The predicted octanol–water partition coefficient (Wildman–Crippen LogP) is 3.04. The molecule has 136 valence electrons. The summed E-state index contributed by atoms with van der Waals surface area (Å²) in [4.78, 5) is 35.5. The maximum atomic E-state index is 12.5.